The van der Waals surface area contributed by atoms with Crippen LogP contribution in [0.2, 0.25) is 0 Å². The van der Waals surface area contributed by atoms with Crippen LogP contribution in [0.4, 0.5) is 5.69 Å². The summed E-state index contributed by atoms with van der Waals surface area (Å²) in [6.07, 6.45) is 0.843. The summed E-state index contributed by atoms with van der Waals surface area (Å²) >= 11 is 0. The summed E-state index contributed by atoms with van der Waals surface area (Å²) in [4.78, 5) is 33.9. The lowest BCUT2D eigenvalue weighted by Gasteiger charge is -2.06. The average Bonchev–Trinajstić information content (AvgIpc) is 2.59. The lowest BCUT2D eigenvalue weighted by molar-refractivity contribution is -0.384. The Kier molecular flexibility index (Phi) is 5.26. The summed E-state index contributed by atoms with van der Waals surface area (Å²) in [6.45, 7) is 1.47. The smallest absolute Gasteiger partial charge is 0.342 e. The number of aryl methyl sites for hydroxylation is 1. The summed E-state index contributed by atoms with van der Waals surface area (Å²) < 4.78 is 4.85. The van der Waals surface area contributed by atoms with Gasteiger partial charge in [0.25, 0.3) is 5.69 Å². The van der Waals surface area contributed by atoms with E-state index >= 15 is 0 Å². The predicted octanol–water partition coefficient (Wildman–Crippen LogP) is 2.90. The zero-order valence-corrected chi connectivity index (χ0v) is 12.9. The number of nitrogens with zero attached hydrogens (tertiary/aromatic N) is 1. The number of ether oxygens (including phenoxy) is 1. The summed E-state index contributed by atoms with van der Waals surface area (Å²) in [5, 5.41) is 20.3. The van der Waals surface area contributed by atoms with Gasteiger partial charge in [-0.2, -0.15) is 0 Å². The Morgan fingerprint density at radius 2 is 1.83 bits per heavy atom. The van der Waals surface area contributed by atoms with Crippen LogP contribution in [0.5, 0.6) is 5.75 Å². The molecule has 0 aliphatic rings. The molecule has 24 heavy (non-hydrogen) atoms. The number of rotatable bonds is 6. The van der Waals surface area contributed by atoms with Crippen molar-refractivity contribution in [3.63, 3.8) is 0 Å². The van der Waals surface area contributed by atoms with Crippen LogP contribution >= 0.6 is 0 Å². The molecule has 1 N–H and O–H groups in total. The number of nitro benzene ring substituents is 1. The summed E-state index contributed by atoms with van der Waals surface area (Å²) in [6, 6.07) is 9.88. The maximum atomic E-state index is 12.0. The zero-order valence-electron chi connectivity index (χ0n) is 12.9. The second-order valence-electron chi connectivity index (χ2n) is 5.01. The molecule has 0 fully saturated rings. The fraction of sp³-hybridized carbons (Fsp3) is 0.176. The van der Waals surface area contributed by atoms with E-state index in [0.717, 1.165) is 30.2 Å². The van der Waals surface area contributed by atoms with Crippen molar-refractivity contribution in [3.8, 4) is 5.75 Å². The number of nitro groups is 1. The highest BCUT2D eigenvalue weighted by molar-refractivity contribution is 6.00. The van der Waals surface area contributed by atoms with E-state index in [2.05, 4.69) is 0 Å². The van der Waals surface area contributed by atoms with Crippen molar-refractivity contribution in [2.24, 2.45) is 0 Å². The molecule has 0 saturated carbocycles. The van der Waals surface area contributed by atoms with Crippen LogP contribution in [0, 0.1) is 10.1 Å². The van der Waals surface area contributed by atoms with Gasteiger partial charge in [-0.3, -0.25) is 14.9 Å². The molecule has 0 aromatic heterocycles. The van der Waals surface area contributed by atoms with Crippen LogP contribution in [-0.4, -0.2) is 28.4 Å². The number of hydrogen-bond acceptors (Lipinski definition) is 6. The van der Waals surface area contributed by atoms with E-state index in [-0.39, 0.29) is 11.3 Å². The van der Waals surface area contributed by atoms with Gasteiger partial charge in [-0.25, -0.2) is 4.79 Å². The summed E-state index contributed by atoms with van der Waals surface area (Å²) in [5.74, 6) is -1.86. The standard InChI is InChI=1S/C17H15NO6/c1-2-11-3-5-12(6-4-11)16(20)10-24-17(21)14-9-13(18(22)23)7-8-15(14)19/h3-9,19H,2,10H2,1H3. The van der Waals surface area contributed by atoms with Crippen molar-refractivity contribution in [1.29, 1.82) is 0 Å². The Morgan fingerprint density at radius 3 is 2.42 bits per heavy atom. The minimum absolute atomic E-state index is 0.360. The molecule has 2 aromatic carbocycles. The third-order valence-electron chi connectivity index (χ3n) is 3.43. The number of phenolic OH excluding ortho intramolecular Hbond substituents is 1. The minimum atomic E-state index is -1.00. The Hall–Kier alpha value is -3.22. The van der Waals surface area contributed by atoms with E-state index in [1.54, 1.807) is 24.3 Å². The first-order valence-corrected chi connectivity index (χ1v) is 7.19. The van der Waals surface area contributed by atoms with Gasteiger partial charge in [0.2, 0.25) is 0 Å². The van der Waals surface area contributed by atoms with Crippen molar-refractivity contribution >= 4 is 17.4 Å². The third-order valence-corrected chi connectivity index (χ3v) is 3.43. The number of benzene rings is 2. The topological polar surface area (TPSA) is 107 Å². The highest BCUT2D eigenvalue weighted by Gasteiger charge is 2.19. The number of esters is 1. The van der Waals surface area contributed by atoms with Gasteiger partial charge in [-0.1, -0.05) is 31.2 Å². The molecule has 124 valence electrons. The van der Waals surface area contributed by atoms with Crippen LogP contribution in [0.25, 0.3) is 0 Å². The van der Waals surface area contributed by atoms with Crippen LogP contribution in [0.15, 0.2) is 42.5 Å². The molecule has 0 amide bonds. The summed E-state index contributed by atoms with van der Waals surface area (Å²) in [7, 11) is 0. The van der Waals surface area contributed by atoms with Crippen molar-refractivity contribution < 1.29 is 24.4 Å². The van der Waals surface area contributed by atoms with E-state index in [1.807, 2.05) is 6.92 Å². The van der Waals surface area contributed by atoms with Crippen LogP contribution in [0.1, 0.15) is 33.2 Å². The largest absolute Gasteiger partial charge is 0.507 e. The van der Waals surface area contributed by atoms with Gasteiger partial charge in [0.1, 0.15) is 11.3 Å². The zero-order chi connectivity index (χ0) is 17.7. The van der Waals surface area contributed by atoms with Crippen LogP contribution in [-0.2, 0) is 11.2 Å². The van der Waals surface area contributed by atoms with E-state index in [9.17, 15) is 24.8 Å². The number of carbonyl (C=O) groups excluding carboxylic acids is 2. The third kappa shape index (κ3) is 3.95. The number of non-ortho nitro benzene ring substituents is 1. The van der Waals surface area contributed by atoms with Crippen molar-refractivity contribution in [2.75, 3.05) is 6.61 Å². The number of aromatic hydroxyl groups is 1. The molecule has 0 aliphatic heterocycles. The molecule has 0 atom stereocenters. The van der Waals surface area contributed by atoms with E-state index in [4.69, 9.17) is 4.74 Å². The van der Waals surface area contributed by atoms with Crippen LogP contribution < -0.4 is 0 Å². The monoisotopic (exact) mass is 329 g/mol. The minimum Gasteiger partial charge on any atom is -0.507 e. The first-order chi connectivity index (χ1) is 11.4. The molecule has 0 unspecified atom stereocenters. The normalized spacial score (nSPS) is 10.2. The molecular weight excluding hydrogens is 314 g/mol. The van der Waals surface area contributed by atoms with Gasteiger partial charge in [0, 0.05) is 17.7 Å². The first kappa shape index (κ1) is 17.1. The Balaban J connectivity index is 2.05. The number of hydrogen-bond donors (Lipinski definition) is 1. The maximum Gasteiger partial charge on any atom is 0.342 e. The quantitative estimate of drug-likeness (QED) is 0.378. The van der Waals surface area contributed by atoms with Crippen molar-refractivity contribution in [3.05, 3.63) is 69.3 Å². The van der Waals surface area contributed by atoms with Crippen molar-refractivity contribution in [1.82, 2.24) is 0 Å². The molecule has 0 aliphatic carbocycles. The Labute approximate surface area is 137 Å². The fourth-order valence-electron chi connectivity index (χ4n) is 2.02. The number of ketones is 1. The van der Waals surface area contributed by atoms with E-state index in [0.29, 0.717) is 5.56 Å². The molecule has 0 saturated heterocycles. The fourth-order valence-corrected chi connectivity index (χ4v) is 2.02. The maximum absolute atomic E-state index is 12.0. The van der Waals surface area contributed by atoms with Crippen molar-refractivity contribution in [2.45, 2.75) is 13.3 Å². The molecule has 0 bridgehead atoms. The highest BCUT2D eigenvalue weighted by Crippen LogP contribution is 2.23. The lowest BCUT2D eigenvalue weighted by atomic mass is 10.1. The molecule has 0 heterocycles. The molecular formula is C17H15NO6. The van der Waals surface area contributed by atoms with Gasteiger partial charge in [0.05, 0.1) is 4.92 Å². The van der Waals surface area contributed by atoms with Crippen LogP contribution in [0.3, 0.4) is 0 Å². The molecule has 2 rings (SSSR count). The Bertz CT molecular complexity index is 782. The van der Waals surface area contributed by atoms with Gasteiger partial charge in [-0.15, -0.1) is 0 Å². The van der Waals surface area contributed by atoms with Gasteiger partial charge < -0.3 is 9.84 Å². The van der Waals surface area contributed by atoms with E-state index < -0.39 is 29.0 Å². The number of Topliss-reactive ketones (excluding diaryl/α,β-unsaturated/α-hetero) is 1. The molecule has 0 radical (unpaired) electrons. The average molecular weight is 329 g/mol. The SMILES string of the molecule is CCc1ccc(C(=O)COC(=O)c2cc([N+](=O)[O-])ccc2O)cc1. The lowest BCUT2D eigenvalue weighted by Crippen LogP contribution is -2.14. The highest BCUT2D eigenvalue weighted by atomic mass is 16.6. The summed E-state index contributed by atoms with van der Waals surface area (Å²) in [5.41, 5.74) is 0.743. The second kappa shape index (κ2) is 7.36. The van der Waals surface area contributed by atoms with E-state index in [1.165, 1.54) is 0 Å². The molecule has 7 heteroatoms. The number of phenols is 1. The van der Waals surface area contributed by atoms with Gasteiger partial charge in [0.15, 0.2) is 12.4 Å². The number of carbonyl (C=O) groups is 2. The van der Waals surface area contributed by atoms with Gasteiger partial charge in [-0.05, 0) is 18.1 Å². The molecule has 7 nitrogen and oxygen atoms in total. The van der Waals surface area contributed by atoms with Gasteiger partial charge >= 0.3 is 5.97 Å². The molecule has 2 aromatic rings. The molecule has 0 spiro atoms. The predicted molar refractivity (Wildman–Crippen MR) is 85.2 cm³/mol. The Morgan fingerprint density at radius 1 is 1.17 bits per heavy atom. The first-order valence-electron chi connectivity index (χ1n) is 7.19. The second-order valence-corrected chi connectivity index (χ2v) is 5.01.